The predicted molar refractivity (Wildman–Crippen MR) is 92.6 cm³/mol. The van der Waals surface area contributed by atoms with Crippen molar-refractivity contribution in [2.24, 2.45) is 5.92 Å². The van der Waals surface area contributed by atoms with Gasteiger partial charge in [0.25, 0.3) is 0 Å². The highest BCUT2D eigenvalue weighted by Crippen LogP contribution is 2.37. The van der Waals surface area contributed by atoms with Crippen molar-refractivity contribution < 1.29 is 12.8 Å². The highest BCUT2D eigenvalue weighted by Gasteiger charge is 2.31. The number of halogens is 1. The van der Waals surface area contributed by atoms with Gasteiger partial charge >= 0.3 is 0 Å². The molecule has 1 saturated carbocycles. The lowest BCUT2D eigenvalue weighted by molar-refractivity contribution is 0.410. The minimum atomic E-state index is -3.86. The second-order valence-electron chi connectivity index (χ2n) is 6.30. The van der Waals surface area contributed by atoms with Crippen molar-refractivity contribution in [3.05, 3.63) is 65.5 Å². The van der Waals surface area contributed by atoms with E-state index in [1.54, 1.807) is 24.3 Å². The molecule has 0 radical (unpaired) electrons. The quantitative estimate of drug-likeness (QED) is 0.881. The Labute approximate surface area is 147 Å². The maximum Gasteiger partial charge on any atom is 0.242 e. The molecule has 1 aliphatic rings. The summed E-state index contributed by atoms with van der Waals surface area (Å²) in [5.41, 5.74) is 0.852. The van der Waals surface area contributed by atoms with Gasteiger partial charge in [-0.3, -0.25) is 0 Å². The molecule has 0 unspecified atom stereocenters. The van der Waals surface area contributed by atoms with Gasteiger partial charge in [-0.25, -0.2) is 17.5 Å². The minimum absolute atomic E-state index is 0.0254. The highest BCUT2D eigenvalue weighted by atomic mass is 32.2. The van der Waals surface area contributed by atoms with Crippen LogP contribution < -0.4 is 4.72 Å². The van der Waals surface area contributed by atoms with E-state index in [1.165, 1.54) is 24.3 Å². The maximum absolute atomic E-state index is 13.3. The molecule has 0 aromatic heterocycles. The van der Waals surface area contributed by atoms with Crippen LogP contribution in [0.4, 0.5) is 4.39 Å². The van der Waals surface area contributed by atoms with Gasteiger partial charge in [0, 0.05) is 6.04 Å². The van der Waals surface area contributed by atoms with Gasteiger partial charge in [0.1, 0.15) is 11.9 Å². The molecule has 1 N–H and O–H groups in total. The number of sulfonamides is 1. The number of nitriles is 1. The largest absolute Gasteiger partial charge is 0.242 e. The summed E-state index contributed by atoms with van der Waals surface area (Å²) in [6.45, 7) is 0. The minimum Gasteiger partial charge on any atom is -0.207 e. The van der Waals surface area contributed by atoms with Crippen LogP contribution in [0.2, 0.25) is 0 Å². The topological polar surface area (TPSA) is 70.0 Å². The Hall–Kier alpha value is -2.23. The number of hydrogen-bond acceptors (Lipinski definition) is 3. The van der Waals surface area contributed by atoms with Crippen LogP contribution in [0.5, 0.6) is 0 Å². The monoisotopic (exact) mass is 358 g/mol. The first kappa shape index (κ1) is 17.6. The fourth-order valence-corrected chi connectivity index (χ4v) is 4.87. The molecule has 1 fully saturated rings. The average molecular weight is 358 g/mol. The number of hydrogen-bond donors (Lipinski definition) is 1. The number of nitrogens with zero attached hydrogens (tertiary/aromatic N) is 1. The Kier molecular flexibility index (Phi) is 5.16. The molecule has 0 aliphatic heterocycles. The van der Waals surface area contributed by atoms with Crippen LogP contribution in [0, 0.1) is 23.1 Å². The smallest absolute Gasteiger partial charge is 0.207 e. The second kappa shape index (κ2) is 7.34. The van der Waals surface area contributed by atoms with Gasteiger partial charge in [-0.1, -0.05) is 37.1 Å². The zero-order valence-corrected chi connectivity index (χ0v) is 14.5. The van der Waals surface area contributed by atoms with Gasteiger partial charge in [-0.2, -0.15) is 5.26 Å². The summed E-state index contributed by atoms with van der Waals surface area (Å²) in [7, 11) is -3.86. The fraction of sp³-hybridized carbons (Fsp3) is 0.316. The van der Waals surface area contributed by atoms with E-state index in [0.717, 1.165) is 31.2 Å². The first-order valence-electron chi connectivity index (χ1n) is 8.28. The molecular formula is C19H19FN2O2S. The lowest BCUT2D eigenvalue weighted by Gasteiger charge is -2.25. The summed E-state index contributed by atoms with van der Waals surface area (Å²) in [6.07, 6.45) is 3.95. The van der Waals surface area contributed by atoms with E-state index in [1.807, 2.05) is 6.07 Å². The summed E-state index contributed by atoms with van der Waals surface area (Å²) in [5, 5.41) is 9.19. The highest BCUT2D eigenvalue weighted by molar-refractivity contribution is 7.89. The third kappa shape index (κ3) is 3.89. The SMILES string of the molecule is N#Cc1ccccc1S(=O)(=O)N[C@@H](c1ccc(F)cc1)C1CCCC1. The van der Waals surface area contributed by atoms with Crippen molar-refractivity contribution >= 4 is 10.0 Å². The summed E-state index contributed by atoms with van der Waals surface area (Å²) < 4.78 is 41.8. The van der Waals surface area contributed by atoms with Gasteiger partial charge in [-0.05, 0) is 48.6 Å². The van der Waals surface area contributed by atoms with Crippen LogP contribution in [0.25, 0.3) is 0 Å². The first-order chi connectivity index (χ1) is 12.0. The lowest BCUT2D eigenvalue weighted by Crippen LogP contribution is -2.33. The standard InChI is InChI=1S/C19H19FN2O2S/c20-17-11-9-15(10-12-17)19(14-5-1-2-6-14)22-25(23,24)18-8-4-3-7-16(18)13-21/h3-4,7-12,14,19,22H,1-2,5-6H2/t19-/m1/s1. The molecule has 3 rings (SSSR count). The van der Waals surface area contributed by atoms with Gasteiger partial charge in [0.15, 0.2) is 0 Å². The maximum atomic E-state index is 13.3. The van der Waals surface area contributed by atoms with E-state index in [2.05, 4.69) is 4.72 Å². The van der Waals surface area contributed by atoms with E-state index in [0.29, 0.717) is 0 Å². The molecule has 1 aliphatic carbocycles. The third-order valence-electron chi connectivity index (χ3n) is 4.68. The Balaban J connectivity index is 1.97. The molecular weight excluding hydrogens is 339 g/mol. The molecule has 2 aromatic rings. The van der Waals surface area contributed by atoms with Crippen LogP contribution in [0.15, 0.2) is 53.4 Å². The number of benzene rings is 2. The van der Waals surface area contributed by atoms with Gasteiger partial charge < -0.3 is 0 Å². The molecule has 4 nitrogen and oxygen atoms in total. The number of rotatable bonds is 5. The Morgan fingerprint density at radius 2 is 1.72 bits per heavy atom. The van der Waals surface area contributed by atoms with Crippen LogP contribution >= 0.6 is 0 Å². The van der Waals surface area contributed by atoms with E-state index in [9.17, 15) is 18.1 Å². The lowest BCUT2D eigenvalue weighted by atomic mass is 9.92. The molecule has 25 heavy (non-hydrogen) atoms. The molecule has 0 spiro atoms. The van der Waals surface area contributed by atoms with E-state index < -0.39 is 16.1 Å². The van der Waals surface area contributed by atoms with Crippen LogP contribution in [-0.2, 0) is 10.0 Å². The predicted octanol–water partition coefficient (Wildman–Crippen LogP) is 3.91. The zero-order valence-electron chi connectivity index (χ0n) is 13.7. The molecule has 1 atom stereocenters. The molecule has 6 heteroatoms. The molecule has 130 valence electrons. The molecule has 0 bridgehead atoms. The first-order valence-corrected chi connectivity index (χ1v) is 9.76. The van der Waals surface area contributed by atoms with Gasteiger partial charge in [0.2, 0.25) is 10.0 Å². The summed E-state index contributed by atoms with van der Waals surface area (Å²) in [4.78, 5) is -0.0254. The van der Waals surface area contributed by atoms with Crippen molar-refractivity contribution in [3.8, 4) is 6.07 Å². The van der Waals surface area contributed by atoms with E-state index in [4.69, 9.17) is 0 Å². The Morgan fingerprint density at radius 3 is 2.36 bits per heavy atom. The van der Waals surface area contributed by atoms with E-state index >= 15 is 0 Å². The van der Waals surface area contributed by atoms with Crippen molar-refractivity contribution in [1.29, 1.82) is 5.26 Å². The van der Waals surface area contributed by atoms with Gasteiger partial charge in [0.05, 0.1) is 10.5 Å². The average Bonchev–Trinajstić information content (AvgIpc) is 3.15. The second-order valence-corrected chi connectivity index (χ2v) is 7.99. The third-order valence-corrected chi connectivity index (χ3v) is 6.18. The normalized spacial score (nSPS) is 16.5. The van der Waals surface area contributed by atoms with Crippen LogP contribution in [0.1, 0.15) is 42.9 Å². The van der Waals surface area contributed by atoms with Crippen molar-refractivity contribution in [1.82, 2.24) is 4.72 Å². The van der Waals surface area contributed by atoms with Crippen LogP contribution in [-0.4, -0.2) is 8.42 Å². The molecule has 0 saturated heterocycles. The van der Waals surface area contributed by atoms with Crippen molar-refractivity contribution in [3.63, 3.8) is 0 Å². The Bertz CT molecular complexity index is 882. The summed E-state index contributed by atoms with van der Waals surface area (Å²) >= 11 is 0. The molecule has 2 aromatic carbocycles. The number of nitrogens with one attached hydrogen (secondary N) is 1. The summed E-state index contributed by atoms with van der Waals surface area (Å²) in [6, 6.07) is 13.6. The molecule has 0 heterocycles. The van der Waals surface area contributed by atoms with Crippen molar-refractivity contribution in [2.75, 3.05) is 0 Å². The molecule has 0 amide bonds. The van der Waals surface area contributed by atoms with Gasteiger partial charge in [-0.15, -0.1) is 0 Å². The zero-order chi connectivity index (χ0) is 17.9. The summed E-state index contributed by atoms with van der Waals surface area (Å²) in [5.74, 6) is -0.193. The Morgan fingerprint density at radius 1 is 1.08 bits per heavy atom. The fourth-order valence-electron chi connectivity index (χ4n) is 3.42. The van der Waals surface area contributed by atoms with Crippen LogP contribution in [0.3, 0.4) is 0 Å². The van der Waals surface area contributed by atoms with E-state index in [-0.39, 0.29) is 22.2 Å². The van der Waals surface area contributed by atoms with Crippen molar-refractivity contribution in [2.45, 2.75) is 36.6 Å².